The Morgan fingerprint density at radius 1 is 1.21 bits per heavy atom. The Bertz CT molecular complexity index is 456. The van der Waals surface area contributed by atoms with E-state index in [-0.39, 0.29) is 5.91 Å². The number of halogens is 1. The maximum Gasteiger partial charge on any atom is 0.220 e. The van der Waals surface area contributed by atoms with Gasteiger partial charge in [0, 0.05) is 17.5 Å². The average molecular weight is 278 g/mol. The molecule has 0 heterocycles. The van der Waals surface area contributed by atoms with E-state index in [4.69, 9.17) is 11.6 Å². The van der Waals surface area contributed by atoms with Gasteiger partial charge in [-0.05, 0) is 55.2 Å². The van der Waals surface area contributed by atoms with Crippen LogP contribution in [0.25, 0.3) is 0 Å². The number of carbonyl (C=O) groups excluding carboxylic acids is 1. The zero-order valence-electron chi connectivity index (χ0n) is 11.1. The highest BCUT2D eigenvalue weighted by Gasteiger charge is 2.39. The van der Waals surface area contributed by atoms with E-state index < -0.39 is 0 Å². The van der Waals surface area contributed by atoms with Crippen LogP contribution in [0.1, 0.15) is 37.7 Å². The smallest absolute Gasteiger partial charge is 0.220 e. The molecule has 3 atom stereocenters. The molecule has 19 heavy (non-hydrogen) atoms. The van der Waals surface area contributed by atoms with Gasteiger partial charge in [0.25, 0.3) is 0 Å². The molecule has 2 bridgehead atoms. The molecule has 3 rings (SSSR count). The number of nitrogens with one attached hydrogen (secondary N) is 1. The fourth-order valence-electron chi connectivity index (χ4n) is 3.61. The van der Waals surface area contributed by atoms with Crippen LogP contribution in [0.3, 0.4) is 0 Å². The Kier molecular flexibility index (Phi) is 3.79. The fraction of sp³-hybridized carbons (Fsp3) is 0.562. The molecule has 2 fully saturated rings. The molecule has 1 aromatic rings. The van der Waals surface area contributed by atoms with Gasteiger partial charge in [0.15, 0.2) is 0 Å². The minimum atomic E-state index is 0.201. The van der Waals surface area contributed by atoms with Crippen molar-refractivity contribution in [3.63, 3.8) is 0 Å². The third-order valence-corrected chi connectivity index (χ3v) is 4.89. The molecule has 2 aliphatic rings. The Balaban J connectivity index is 1.45. The Morgan fingerprint density at radius 2 is 2.00 bits per heavy atom. The van der Waals surface area contributed by atoms with Gasteiger partial charge in [0.2, 0.25) is 5.91 Å². The first-order valence-corrected chi connectivity index (χ1v) is 7.62. The third kappa shape index (κ3) is 3.11. The molecule has 1 N–H and O–H groups in total. The number of amides is 1. The maximum atomic E-state index is 12.0. The van der Waals surface area contributed by atoms with Crippen molar-refractivity contribution in [2.75, 3.05) is 0 Å². The lowest BCUT2D eigenvalue weighted by Crippen LogP contribution is -2.38. The van der Waals surface area contributed by atoms with Crippen LogP contribution in [0.15, 0.2) is 24.3 Å². The second-order valence-corrected chi connectivity index (χ2v) is 6.41. The van der Waals surface area contributed by atoms with Crippen molar-refractivity contribution in [2.45, 2.75) is 44.6 Å². The van der Waals surface area contributed by atoms with Crippen molar-refractivity contribution in [3.8, 4) is 0 Å². The van der Waals surface area contributed by atoms with Crippen LogP contribution in [0, 0.1) is 11.8 Å². The van der Waals surface area contributed by atoms with Crippen molar-refractivity contribution < 1.29 is 4.79 Å². The molecule has 0 saturated heterocycles. The summed E-state index contributed by atoms with van der Waals surface area (Å²) in [4.78, 5) is 12.0. The number of hydrogen-bond acceptors (Lipinski definition) is 1. The van der Waals surface area contributed by atoms with Gasteiger partial charge in [-0.3, -0.25) is 4.79 Å². The maximum absolute atomic E-state index is 12.0. The minimum absolute atomic E-state index is 0.201. The summed E-state index contributed by atoms with van der Waals surface area (Å²) in [5.74, 6) is 1.84. The molecule has 0 aromatic heterocycles. The standard InChI is InChI=1S/C16H20ClNO/c17-14-6-2-11(3-7-14)4-8-16(19)18-15-10-12-1-5-13(15)9-12/h2-3,6-7,12-13,15H,1,4-5,8-10H2,(H,18,19)/t12-,13+,15-/m0/s1. The van der Waals surface area contributed by atoms with Crippen LogP contribution in [-0.2, 0) is 11.2 Å². The minimum Gasteiger partial charge on any atom is -0.353 e. The van der Waals surface area contributed by atoms with E-state index >= 15 is 0 Å². The second-order valence-electron chi connectivity index (χ2n) is 5.98. The van der Waals surface area contributed by atoms with Crippen molar-refractivity contribution in [2.24, 2.45) is 11.8 Å². The Morgan fingerprint density at radius 3 is 2.63 bits per heavy atom. The summed E-state index contributed by atoms with van der Waals surface area (Å²) in [7, 11) is 0. The van der Waals surface area contributed by atoms with E-state index in [1.165, 1.54) is 31.2 Å². The summed E-state index contributed by atoms with van der Waals surface area (Å²) >= 11 is 5.84. The Hall–Kier alpha value is -1.02. The molecule has 2 nitrogen and oxygen atoms in total. The summed E-state index contributed by atoms with van der Waals surface area (Å²) in [6.45, 7) is 0. The second kappa shape index (κ2) is 5.54. The van der Waals surface area contributed by atoms with Crippen LogP contribution >= 0.6 is 11.6 Å². The van der Waals surface area contributed by atoms with E-state index in [1.807, 2.05) is 24.3 Å². The lowest BCUT2D eigenvalue weighted by Gasteiger charge is -2.22. The number of carbonyl (C=O) groups is 1. The van der Waals surface area contributed by atoms with E-state index in [2.05, 4.69) is 5.32 Å². The van der Waals surface area contributed by atoms with Crippen LogP contribution in [0.5, 0.6) is 0 Å². The summed E-state index contributed by atoms with van der Waals surface area (Å²) in [6.07, 6.45) is 6.60. The molecular formula is C16H20ClNO. The van der Waals surface area contributed by atoms with Crippen molar-refractivity contribution in [1.82, 2.24) is 5.32 Å². The molecule has 0 radical (unpaired) electrons. The quantitative estimate of drug-likeness (QED) is 0.895. The lowest BCUT2D eigenvalue weighted by atomic mass is 9.95. The summed E-state index contributed by atoms with van der Waals surface area (Å²) in [5.41, 5.74) is 1.17. The SMILES string of the molecule is O=C(CCc1ccc(Cl)cc1)N[C@H]1C[C@H]2CC[C@@H]1C2. The largest absolute Gasteiger partial charge is 0.353 e. The van der Waals surface area contributed by atoms with Gasteiger partial charge in [-0.1, -0.05) is 30.2 Å². The monoisotopic (exact) mass is 277 g/mol. The van der Waals surface area contributed by atoms with Gasteiger partial charge in [0.1, 0.15) is 0 Å². The van der Waals surface area contributed by atoms with Crippen LogP contribution in [0.4, 0.5) is 0 Å². The van der Waals surface area contributed by atoms with Gasteiger partial charge >= 0.3 is 0 Å². The number of benzene rings is 1. The number of fused-ring (bicyclic) bond motifs is 2. The zero-order valence-corrected chi connectivity index (χ0v) is 11.8. The highest BCUT2D eigenvalue weighted by molar-refractivity contribution is 6.30. The number of hydrogen-bond donors (Lipinski definition) is 1. The zero-order chi connectivity index (χ0) is 13.2. The topological polar surface area (TPSA) is 29.1 Å². The molecule has 3 heteroatoms. The molecule has 0 spiro atoms. The molecule has 0 aliphatic heterocycles. The predicted molar refractivity (Wildman–Crippen MR) is 77.2 cm³/mol. The molecule has 0 unspecified atom stereocenters. The highest BCUT2D eigenvalue weighted by Crippen LogP contribution is 2.44. The molecular weight excluding hydrogens is 258 g/mol. The van der Waals surface area contributed by atoms with E-state index in [0.29, 0.717) is 12.5 Å². The molecule has 2 saturated carbocycles. The van der Waals surface area contributed by atoms with Crippen molar-refractivity contribution in [1.29, 1.82) is 0 Å². The van der Waals surface area contributed by atoms with Gasteiger partial charge in [-0.25, -0.2) is 0 Å². The highest BCUT2D eigenvalue weighted by atomic mass is 35.5. The van der Waals surface area contributed by atoms with Gasteiger partial charge < -0.3 is 5.32 Å². The van der Waals surface area contributed by atoms with Gasteiger partial charge in [-0.2, -0.15) is 0 Å². The summed E-state index contributed by atoms with van der Waals surface area (Å²) in [5, 5.41) is 3.97. The Labute approximate surface area is 119 Å². The lowest BCUT2D eigenvalue weighted by molar-refractivity contribution is -0.122. The average Bonchev–Trinajstić information content (AvgIpc) is 3.00. The van der Waals surface area contributed by atoms with Gasteiger partial charge in [-0.15, -0.1) is 0 Å². The molecule has 1 amide bonds. The summed E-state index contributed by atoms with van der Waals surface area (Å²) in [6, 6.07) is 8.20. The van der Waals surface area contributed by atoms with Crippen molar-refractivity contribution >= 4 is 17.5 Å². The van der Waals surface area contributed by atoms with Crippen molar-refractivity contribution in [3.05, 3.63) is 34.9 Å². The van der Waals surface area contributed by atoms with E-state index in [0.717, 1.165) is 23.3 Å². The summed E-state index contributed by atoms with van der Waals surface area (Å²) < 4.78 is 0. The van der Waals surface area contributed by atoms with E-state index in [1.54, 1.807) is 0 Å². The van der Waals surface area contributed by atoms with E-state index in [9.17, 15) is 4.79 Å². The first-order chi connectivity index (χ1) is 9.20. The number of aryl methyl sites for hydroxylation is 1. The normalized spacial score (nSPS) is 28.6. The molecule has 102 valence electrons. The fourth-order valence-corrected chi connectivity index (χ4v) is 3.74. The van der Waals surface area contributed by atoms with Crippen LogP contribution in [0.2, 0.25) is 5.02 Å². The first-order valence-electron chi connectivity index (χ1n) is 7.24. The van der Waals surface area contributed by atoms with Gasteiger partial charge in [0.05, 0.1) is 0 Å². The first kappa shape index (κ1) is 13.0. The van der Waals surface area contributed by atoms with Crippen LogP contribution in [-0.4, -0.2) is 11.9 Å². The van der Waals surface area contributed by atoms with Crippen LogP contribution < -0.4 is 5.32 Å². The molecule has 1 aromatic carbocycles. The third-order valence-electron chi connectivity index (χ3n) is 4.64. The molecule has 2 aliphatic carbocycles. The number of rotatable bonds is 4. The predicted octanol–water partition coefficient (Wildman–Crippen LogP) is 3.58.